The topological polar surface area (TPSA) is 104 Å². The molecule has 1 aromatic carbocycles. The fraction of sp³-hybridized carbons (Fsp3) is 0.238. The number of halogens is 1. The van der Waals surface area contributed by atoms with E-state index in [1.807, 2.05) is 6.92 Å². The van der Waals surface area contributed by atoms with Gasteiger partial charge in [0.1, 0.15) is 17.8 Å². The molecule has 0 bridgehead atoms. The summed E-state index contributed by atoms with van der Waals surface area (Å²) in [5.41, 5.74) is 0.508. The molecule has 0 unspecified atom stereocenters. The zero-order chi connectivity index (χ0) is 22.1. The van der Waals surface area contributed by atoms with Gasteiger partial charge in [-0.15, -0.1) is 0 Å². The number of furan rings is 1. The van der Waals surface area contributed by atoms with E-state index in [2.05, 4.69) is 10.4 Å². The molecule has 160 valence electrons. The summed E-state index contributed by atoms with van der Waals surface area (Å²) >= 11 is 5.97. The Morgan fingerprint density at radius 3 is 2.65 bits per heavy atom. The average Bonchev–Trinajstić information content (AvgIpc) is 3.36. The predicted octanol–water partition coefficient (Wildman–Crippen LogP) is 2.62. The molecule has 3 heterocycles. The van der Waals surface area contributed by atoms with Crippen LogP contribution in [0.15, 0.2) is 56.7 Å². The second-order valence-electron chi connectivity index (χ2n) is 7.00. The molecule has 0 spiro atoms. The first-order chi connectivity index (χ1) is 14.9. The van der Waals surface area contributed by atoms with E-state index in [1.54, 1.807) is 43.3 Å². The molecule has 0 aliphatic heterocycles. The zero-order valence-electron chi connectivity index (χ0n) is 17.0. The number of fused-ring (bicyclic) bond motifs is 1. The van der Waals surface area contributed by atoms with Crippen LogP contribution in [-0.2, 0) is 24.4 Å². The van der Waals surface area contributed by atoms with E-state index in [1.165, 1.54) is 15.5 Å². The zero-order valence-corrected chi connectivity index (χ0v) is 17.7. The van der Waals surface area contributed by atoms with Crippen LogP contribution >= 0.6 is 11.6 Å². The second kappa shape index (κ2) is 8.27. The highest BCUT2D eigenvalue weighted by Gasteiger charge is 2.22. The minimum atomic E-state index is -0.617. The van der Waals surface area contributed by atoms with Gasteiger partial charge in [-0.3, -0.25) is 23.4 Å². The lowest BCUT2D eigenvalue weighted by Crippen LogP contribution is -2.42. The van der Waals surface area contributed by atoms with E-state index in [-0.39, 0.29) is 18.6 Å². The Bertz CT molecular complexity index is 1380. The Labute approximate surface area is 181 Å². The first-order valence-corrected chi connectivity index (χ1v) is 10.1. The smallest absolute Gasteiger partial charge is 0.332 e. The third-order valence-corrected chi connectivity index (χ3v) is 5.11. The third kappa shape index (κ3) is 3.91. The van der Waals surface area contributed by atoms with Crippen molar-refractivity contribution in [1.82, 2.24) is 18.9 Å². The van der Waals surface area contributed by atoms with Crippen molar-refractivity contribution >= 4 is 34.2 Å². The van der Waals surface area contributed by atoms with Gasteiger partial charge in [-0.05, 0) is 44.2 Å². The number of carbonyl (C=O) groups excluding carboxylic acids is 1. The van der Waals surface area contributed by atoms with E-state index >= 15 is 0 Å². The fourth-order valence-electron chi connectivity index (χ4n) is 3.55. The maximum atomic E-state index is 13.3. The van der Waals surface area contributed by atoms with Crippen LogP contribution < -0.4 is 16.6 Å². The van der Waals surface area contributed by atoms with E-state index in [4.69, 9.17) is 16.0 Å². The Balaban J connectivity index is 1.83. The highest BCUT2D eigenvalue weighted by molar-refractivity contribution is 6.30. The molecule has 4 aromatic rings. The Kier molecular flexibility index (Phi) is 5.51. The number of rotatable bonds is 6. The van der Waals surface area contributed by atoms with Gasteiger partial charge in [0, 0.05) is 17.3 Å². The van der Waals surface area contributed by atoms with Crippen molar-refractivity contribution in [1.29, 1.82) is 0 Å². The van der Waals surface area contributed by atoms with Crippen LogP contribution in [0.4, 0.5) is 5.69 Å². The first-order valence-electron chi connectivity index (χ1n) is 9.67. The molecular weight excluding hydrogens is 422 g/mol. The maximum Gasteiger partial charge on any atom is 0.332 e. The van der Waals surface area contributed by atoms with Crippen molar-refractivity contribution in [3.63, 3.8) is 0 Å². The lowest BCUT2D eigenvalue weighted by Gasteiger charge is -2.13. The minimum Gasteiger partial charge on any atom is -0.467 e. The number of carbonyl (C=O) groups is 1. The molecule has 0 aliphatic rings. The molecule has 31 heavy (non-hydrogen) atoms. The lowest BCUT2D eigenvalue weighted by molar-refractivity contribution is -0.116. The number of hydrogen-bond donors (Lipinski definition) is 1. The van der Waals surface area contributed by atoms with Crippen LogP contribution in [0.3, 0.4) is 0 Å². The van der Waals surface area contributed by atoms with Crippen molar-refractivity contribution in [2.45, 2.75) is 33.5 Å². The summed E-state index contributed by atoms with van der Waals surface area (Å²) in [7, 11) is 0. The predicted molar refractivity (Wildman–Crippen MR) is 117 cm³/mol. The quantitative estimate of drug-likeness (QED) is 0.495. The summed E-state index contributed by atoms with van der Waals surface area (Å²) in [6, 6.07) is 10.1. The monoisotopic (exact) mass is 441 g/mol. The van der Waals surface area contributed by atoms with Crippen molar-refractivity contribution < 1.29 is 9.21 Å². The molecule has 3 aromatic heterocycles. The Morgan fingerprint density at radius 2 is 1.97 bits per heavy atom. The number of hydrogen-bond acceptors (Lipinski definition) is 5. The highest BCUT2D eigenvalue weighted by atomic mass is 35.5. The van der Waals surface area contributed by atoms with E-state index < -0.39 is 17.2 Å². The standard InChI is InChI=1S/C21H20ClN5O4/c1-3-27-19-18(13(2)24-27)25(12-17(28)23-15-7-4-6-14(22)10-15)21(30)26(20(19)29)11-16-8-5-9-31-16/h4-10H,3,11-12H2,1-2H3,(H,23,28). The van der Waals surface area contributed by atoms with Crippen LogP contribution in [0.5, 0.6) is 0 Å². The molecule has 10 heteroatoms. The number of aryl methyl sites for hydroxylation is 2. The minimum absolute atomic E-state index is 0.0511. The van der Waals surface area contributed by atoms with Gasteiger partial charge in [0.25, 0.3) is 5.56 Å². The maximum absolute atomic E-state index is 13.3. The highest BCUT2D eigenvalue weighted by Crippen LogP contribution is 2.16. The molecule has 1 N–H and O–H groups in total. The molecule has 0 saturated heterocycles. The summed E-state index contributed by atoms with van der Waals surface area (Å²) in [4.78, 5) is 39.2. The van der Waals surface area contributed by atoms with Crippen LogP contribution in [0.25, 0.3) is 11.0 Å². The molecule has 4 rings (SSSR count). The summed E-state index contributed by atoms with van der Waals surface area (Å²) in [5.74, 6) is 0.0188. The molecule has 0 fully saturated rings. The summed E-state index contributed by atoms with van der Waals surface area (Å²) in [6.07, 6.45) is 1.47. The third-order valence-electron chi connectivity index (χ3n) is 4.88. The van der Waals surface area contributed by atoms with Crippen LogP contribution in [0.1, 0.15) is 18.4 Å². The number of benzene rings is 1. The summed E-state index contributed by atoms with van der Waals surface area (Å²) < 4.78 is 9.18. The van der Waals surface area contributed by atoms with Crippen molar-refractivity contribution in [3.05, 3.63) is 80.0 Å². The van der Waals surface area contributed by atoms with E-state index in [9.17, 15) is 14.4 Å². The van der Waals surface area contributed by atoms with Crippen molar-refractivity contribution in [2.75, 3.05) is 5.32 Å². The van der Waals surface area contributed by atoms with Gasteiger partial charge >= 0.3 is 5.69 Å². The Morgan fingerprint density at radius 1 is 1.16 bits per heavy atom. The van der Waals surface area contributed by atoms with Crippen LogP contribution in [-0.4, -0.2) is 24.8 Å². The number of amides is 1. The summed E-state index contributed by atoms with van der Waals surface area (Å²) in [5, 5.41) is 7.59. The number of nitrogens with one attached hydrogen (secondary N) is 1. The number of anilines is 1. The molecule has 0 saturated carbocycles. The van der Waals surface area contributed by atoms with Gasteiger partial charge in [0.2, 0.25) is 5.91 Å². The van der Waals surface area contributed by atoms with E-state index in [0.717, 1.165) is 4.57 Å². The largest absolute Gasteiger partial charge is 0.467 e. The second-order valence-corrected chi connectivity index (χ2v) is 7.43. The molecular formula is C21H20ClN5O4. The van der Waals surface area contributed by atoms with Gasteiger partial charge in [0.15, 0.2) is 5.52 Å². The van der Waals surface area contributed by atoms with Gasteiger partial charge in [-0.25, -0.2) is 4.79 Å². The van der Waals surface area contributed by atoms with Crippen molar-refractivity contribution in [3.8, 4) is 0 Å². The van der Waals surface area contributed by atoms with Gasteiger partial charge in [-0.1, -0.05) is 17.7 Å². The molecule has 0 aliphatic carbocycles. The first kappa shape index (κ1) is 20.7. The number of nitrogens with zero attached hydrogens (tertiary/aromatic N) is 4. The lowest BCUT2D eigenvalue weighted by atomic mass is 10.3. The Hall–Kier alpha value is -3.59. The van der Waals surface area contributed by atoms with E-state index in [0.29, 0.717) is 34.2 Å². The van der Waals surface area contributed by atoms with Crippen molar-refractivity contribution in [2.24, 2.45) is 0 Å². The molecule has 0 atom stereocenters. The average molecular weight is 442 g/mol. The normalized spacial score (nSPS) is 11.2. The van der Waals surface area contributed by atoms with Gasteiger partial charge < -0.3 is 9.73 Å². The van der Waals surface area contributed by atoms with Gasteiger partial charge in [-0.2, -0.15) is 5.10 Å². The fourth-order valence-corrected chi connectivity index (χ4v) is 3.74. The SMILES string of the molecule is CCn1nc(C)c2c1c(=O)n(Cc1ccco1)c(=O)n2CC(=O)Nc1cccc(Cl)c1. The van der Waals surface area contributed by atoms with Crippen LogP contribution in [0, 0.1) is 6.92 Å². The molecule has 1 amide bonds. The molecule has 9 nitrogen and oxygen atoms in total. The van der Waals surface area contributed by atoms with Crippen LogP contribution in [0.2, 0.25) is 5.02 Å². The number of aromatic nitrogens is 4. The molecule has 0 radical (unpaired) electrons. The van der Waals surface area contributed by atoms with Gasteiger partial charge in [0.05, 0.1) is 18.5 Å². The summed E-state index contributed by atoms with van der Waals surface area (Å²) in [6.45, 7) is 3.65.